The maximum absolute atomic E-state index is 13.7. The number of primary amides is 1. The Morgan fingerprint density at radius 3 is 2.83 bits per heavy atom. The molecule has 0 fully saturated rings. The number of amides is 1. The summed E-state index contributed by atoms with van der Waals surface area (Å²) in [5.74, 6) is -3.50. The molecule has 2 aromatic rings. The molecule has 0 radical (unpaired) electrons. The molecule has 2 N–H and O–H groups in total. The van der Waals surface area contributed by atoms with Gasteiger partial charge in [0.2, 0.25) is 0 Å². The molecular formula is C11H8F2N2O2S. The summed E-state index contributed by atoms with van der Waals surface area (Å²) in [5.41, 5.74) is 5.70. The fourth-order valence-corrected chi connectivity index (χ4v) is 1.84. The molecule has 18 heavy (non-hydrogen) atoms. The molecule has 1 amide bonds. The molecule has 0 atom stereocenters. The second kappa shape index (κ2) is 5.09. The maximum atomic E-state index is 13.7. The first-order chi connectivity index (χ1) is 8.59. The molecule has 1 aromatic carbocycles. The van der Waals surface area contributed by atoms with E-state index in [1.54, 1.807) is 11.7 Å². The first kappa shape index (κ1) is 12.4. The minimum absolute atomic E-state index is 0.0887. The van der Waals surface area contributed by atoms with Crippen LogP contribution in [-0.2, 0) is 6.61 Å². The summed E-state index contributed by atoms with van der Waals surface area (Å²) in [4.78, 5) is 15.5. The lowest BCUT2D eigenvalue weighted by molar-refractivity contribution is 0.0991. The first-order valence-corrected chi connectivity index (χ1v) is 5.75. The highest BCUT2D eigenvalue weighted by molar-refractivity contribution is 7.09. The fraction of sp³-hybridized carbons (Fsp3) is 0.0909. The zero-order chi connectivity index (χ0) is 13.1. The monoisotopic (exact) mass is 270 g/mol. The Hall–Kier alpha value is -2.02. The van der Waals surface area contributed by atoms with Crippen molar-refractivity contribution in [3.05, 3.63) is 45.9 Å². The van der Waals surface area contributed by atoms with E-state index in [0.29, 0.717) is 0 Å². The van der Waals surface area contributed by atoms with E-state index >= 15 is 0 Å². The van der Waals surface area contributed by atoms with Gasteiger partial charge in [-0.3, -0.25) is 9.78 Å². The molecule has 94 valence electrons. The van der Waals surface area contributed by atoms with Gasteiger partial charge < -0.3 is 10.5 Å². The van der Waals surface area contributed by atoms with Gasteiger partial charge in [0, 0.05) is 6.20 Å². The number of aromatic nitrogens is 1. The lowest BCUT2D eigenvalue weighted by Crippen LogP contribution is -2.16. The number of carbonyl (C=O) groups excluding carboxylic acids is 1. The smallest absolute Gasteiger partial charge is 0.254 e. The third-order valence-electron chi connectivity index (χ3n) is 2.16. The van der Waals surface area contributed by atoms with Crippen LogP contribution in [0, 0.1) is 11.6 Å². The summed E-state index contributed by atoms with van der Waals surface area (Å²) in [5, 5.41) is 0. The SMILES string of the molecule is NC(=O)c1c(F)ccc(OCc2cncs2)c1F. The van der Waals surface area contributed by atoms with Crippen LogP contribution in [0.4, 0.5) is 8.78 Å². The molecule has 1 heterocycles. The minimum Gasteiger partial charge on any atom is -0.485 e. The predicted octanol–water partition coefficient (Wildman–Crippen LogP) is 2.10. The second-order valence-electron chi connectivity index (χ2n) is 3.36. The van der Waals surface area contributed by atoms with E-state index in [2.05, 4.69) is 4.98 Å². The highest BCUT2D eigenvalue weighted by Crippen LogP contribution is 2.24. The largest absolute Gasteiger partial charge is 0.485 e. The first-order valence-electron chi connectivity index (χ1n) is 4.87. The van der Waals surface area contributed by atoms with Crippen LogP contribution in [-0.4, -0.2) is 10.9 Å². The van der Waals surface area contributed by atoms with Gasteiger partial charge in [0.15, 0.2) is 11.6 Å². The van der Waals surface area contributed by atoms with Gasteiger partial charge in [-0.15, -0.1) is 11.3 Å². The number of rotatable bonds is 4. The van der Waals surface area contributed by atoms with Crippen molar-refractivity contribution >= 4 is 17.2 Å². The summed E-state index contributed by atoms with van der Waals surface area (Å²) >= 11 is 1.34. The predicted molar refractivity (Wildman–Crippen MR) is 61.3 cm³/mol. The molecule has 7 heteroatoms. The summed E-state index contributed by atoms with van der Waals surface area (Å²) < 4.78 is 32.1. The van der Waals surface area contributed by atoms with E-state index in [4.69, 9.17) is 10.5 Å². The van der Waals surface area contributed by atoms with Crippen LogP contribution in [0.3, 0.4) is 0 Å². The molecule has 0 saturated heterocycles. The Balaban J connectivity index is 2.23. The van der Waals surface area contributed by atoms with E-state index in [1.807, 2.05) is 0 Å². The van der Waals surface area contributed by atoms with Gasteiger partial charge in [-0.1, -0.05) is 0 Å². The van der Waals surface area contributed by atoms with Crippen molar-refractivity contribution in [2.24, 2.45) is 5.73 Å². The van der Waals surface area contributed by atoms with Crippen molar-refractivity contribution in [1.29, 1.82) is 0 Å². The quantitative estimate of drug-likeness (QED) is 0.925. The van der Waals surface area contributed by atoms with Crippen molar-refractivity contribution in [3.63, 3.8) is 0 Å². The molecule has 0 unspecified atom stereocenters. The van der Waals surface area contributed by atoms with Crippen LogP contribution in [0.2, 0.25) is 0 Å². The molecule has 4 nitrogen and oxygen atoms in total. The molecule has 0 spiro atoms. The third-order valence-corrected chi connectivity index (χ3v) is 2.91. The molecule has 0 saturated carbocycles. The minimum atomic E-state index is -1.17. The highest BCUT2D eigenvalue weighted by atomic mass is 32.1. The second-order valence-corrected chi connectivity index (χ2v) is 4.33. The number of halogens is 2. The van der Waals surface area contributed by atoms with Crippen molar-refractivity contribution in [1.82, 2.24) is 4.98 Å². The van der Waals surface area contributed by atoms with E-state index in [9.17, 15) is 13.6 Å². The van der Waals surface area contributed by atoms with Crippen molar-refractivity contribution in [2.75, 3.05) is 0 Å². The lowest BCUT2D eigenvalue weighted by atomic mass is 10.1. The zero-order valence-electron chi connectivity index (χ0n) is 9.02. The van der Waals surface area contributed by atoms with E-state index < -0.39 is 23.1 Å². The molecule has 0 aliphatic carbocycles. The molecular weight excluding hydrogens is 262 g/mol. The average Bonchev–Trinajstić information content (AvgIpc) is 2.80. The van der Waals surface area contributed by atoms with Gasteiger partial charge in [0.25, 0.3) is 5.91 Å². The van der Waals surface area contributed by atoms with Gasteiger partial charge in [-0.25, -0.2) is 8.78 Å². The van der Waals surface area contributed by atoms with E-state index in [-0.39, 0.29) is 12.4 Å². The van der Waals surface area contributed by atoms with Gasteiger partial charge in [0.1, 0.15) is 18.0 Å². The molecule has 0 bridgehead atoms. The number of carbonyl (C=O) groups is 1. The van der Waals surface area contributed by atoms with Gasteiger partial charge >= 0.3 is 0 Å². The Morgan fingerprint density at radius 1 is 1.44 bits per heavy atom. The highest BCUT2D eigenvalue weighted by Gasteiger charge is 2.19. The standard InChI is InChI=1S/C11H8F2N2O2S/c12-7-1-2-8(10(13)9(7)11(14)16)17-4-6-3-15-5-18-6/h1-3,5H,4H2,(H2,14,16). The summed E-state index contributed by atoms with van der Waals surface area (Å²) in [6.45, 7) is 0.0887. The number of hydrogen-bond donors (Lipinski definition) is 1. The molecule has 0 aliphatic heterocycles. The van der Waals surface area contributed by atoms with Crippen LogP contribution in [0.1, 0.15) is 15.2 Å². The van der Waals surface area contributed by atoms with Crippen molar-refractivity contribution < 1.29 is 18.3 Å². The Morgan fingerprint density at radius 2 is 2.22 bits per heavy atom. The van der Waals surface area contributed by atoms with E-state index in [1.165, 1.54) is 11.3 Å². The lowest BCUT2D eigenvalue weighted by Gasteiger charge is -2.08. The number of hydrogen-bond acceptors (Lipinski definition) is 4. The Labute approximate surface area is 105 Å². The van der Waals surface area contributed by atoms with E-state index in [0.717, 1.165) is 17.0 Å². The van der Waals surface area contributed by atoms with Crippen LogP contribution in [0.15, 0.2) is 23.8 Å². The molecule has 0 aliphatic rings. The van der Waals surface area contributed by atoms with Gasteiger partial charge in [0.05, 0.1) is 10.4 Å². The zero-order valence-corrected chi connectivity index (χ0v) is 9.84. The summed E-state index contributed by atoms with van der Waals surface area (Å²) in [6, 6.07) is 2.04. The average molecular weight is 270 g/mol. The number of benzene rings is 1. The fourth-order valence-electron chi connectivity index (χ4n) is 1.33. The van der Waals surface area contributed by atoms with Crippen LogP contribution < -0.4 is 10.5 Å². The molecule has 2 rings (SSSR count). The Kier molecular flexibility index (Phi) is 3.52. The number of thiazole rings is 1. The van der Waals surface area contributed by atoms with Gasteiger partial charge in [-0.2, -0.15) is 0 Å². The normalized spacial score (nSPS) is 10.3. The van der Waals surface area contributed by atoms with Crippen LogP contribution in [0.25, 0.3) is 0 Å². The summed E-state index contributed by atoms with van der Waals surface area (Å²) in [7, 11) is 0. The van der Waals surface area contributed by atoms with Gasteiger partial charge in [-0.05, 0) is 12.1 Å². The maximum Gasteiger partial charge on any atom is 0.254 e. The molecule has 1 aromatic heterocycles. The topological polar surface area (TPSA) is 65.2 Å². The third kappa shape index (κ3) is 2.45. The number of nitrogens with zero attached hydrogens (tertiary/aromatic N) is 1. The van der Waals surface area contributed by atoms with Crippen LogP contribution >= 0.6 is 11.3 Å². The number of nitrogens with two attached hydrogens (primary N) is 1. The van der Waals surface area contributed by atoms with Crippen molar-refractivity contribution in [3.8, 4) is 5.75 Å². The Bertz CT molecular complexity index is 573. The van der Waals surface area contributed by atoms with Crippen LogP contribution in [0.5, 0.6) is 5.75 Å². The number of ether oxygens (including phenoxy) is 1. The van der Waals surface area contributed by atoms with Crippen molar-refractivity contribution in [2.45, 2.75) is 6.61 Å². The summed E-state index contributed by atoms with van der Waals surface area (Å²) in [6.07, 6.45) is 1.57.